The van der Waals surface area contributed by atoms with Gasteiger partial charge in [-0.05, 0) is 22.3 Å². The lowest BCUT2D eigenvalue weighted by atomic mass is 10.00. The predicted octanol–water partition coefficient (Wildman–Crippen LogP) is 4.41. The van der Waals surface area contributed by atoms with Crippen molar-refractivity contribution >= 4 is 23.9 Å². The number of aliphatic carboxylic acids is 1. The van der Waals surface area contributed by atoms with Gasteiger partial charge in [-0.3, -0.25) is 9.59 Å². The fourth-order valence-corrected chi connectivity index (χ4v) is 4.92. The summed E-state index contributed by atoms with van der Waals surface area (Å²) in [4.78, 5) is 54.2. The number of rotatable bonds is 14. The average molecular weight is 608 g/mol. The third-order valence-electron chi connectivity index (χ3n) is 7.37. The van der Waals surface area contributed by atoms with Crippen LogP contribution in [0, 0.1) is 0 Å². The summed E-state index contributed by atoms with van der Waals surface area (Å²) in [5, 5.41) is 15.3. The molecule has 0 saturated heterocycles. The summed E-state index contributed by atoms with van der Waals surface area (Å²) in [5.74, 6) is -2.34. The highest BCUT2D eigenvalue weighted by atomic mass is 16.5. The molecular formula is C36H37N3O6. The first-order valence-electron chi connectivity index (χ1n) is 14.7. The normalized spacial score (nSPS) is 12.6. The molecule has 232 valence electrons. The molecule has 0 spiro atoms. The summed E-state index contributed by atoms with van der Waals surface area (Å²) in [6, 6.07) is 33.2. The van der Waals surface area contributed by atoms with Gasteiger partial charge in [0.2, 0.25) is 11.8 Å². The van der Waals surface area contributed by atoms with E-state index in [2.05, 4.69) is 10.6 Å². The number of carboxylic acids is 1. The van der Waals surface area contributed by atoms with E-state index in [0.717, 1.165) is 22.3 Å². The zero-order valence-corrected chi connectivity index (χ0v) is 25.0. The van der Waals surface area contributed by atoms with Crippen LogP contribution in [0.5, 0.6) is 0 Å². The minimum Gasteiger partial charge on any atom is -0.480 e. The molecule has 0 unspecified atom stereocenters. The third kappa shape index (κ3) is 10.1. The molecule has 3 amide bonds. The van der Waals surface area contributed by atoms with Gasteiger partial charge in [0.05, 0.1) is 0 Å². The Bertz CT molecular complexity index is 1530. The average Bonchev–Trinajstić information content (AvgIpc) is 3.07. The molecule has 9 heteroatoms. The Morgan fingerprint density at radius 3 is 1.51 bits per heavy atom. The molecule has 0 radical (unpaired) electrons. The van der Waals surface area contributed by atoms with Crippen LogP contribution in [0.4, 0.5) is 4.79 Å². The molecule has 4 rings (SSSR count). The highest BCUT2D eigenvalue weighted by Gasteiger charge is 2.34. The van der Waals surface area contributed by atoms with Crippen molar-refractivity contribution in [1.82, 2.24) is 15.5 Å². The molecule has 0 aliphatic heterocycles. The molecule has 9 nitrogen and oxygen atoms in total. The van der Waals surface area contributed by atoms with Crippen LogP contribution >= 0.6 is 0 Å². The number of nitrogens with one attached hydrogen (secondary N) is 2. The Morgan fingerprint density at radius 2 is 1.04 bits per heavy atom. The quantitative estimate of drug-likeness (QED) is 0.195. The van der Waals surface area contributed by atoms with Crippen LogP contribution in [0.25, 0.3) is 0 Å². The fraction of sp³-hybridized carbons (Fsp3) is 0.222. The van der Waals surface area contributed by atoms with Crippen molar-refractivity contribution in [3.8, 4) is 0 Å². The Morgan fingerprint density at radius 1 is 0.622 bits per heavy atom. The highest BCUT2D eigenvalue weighted by molar-refractivity contribution is 5.93. The van der Waals surface area contributed by atoms with E-state index in [1.807, 2.05) is 97.1 Å². The number of carboxylic acid groups (broad SMARTS) is 1. The van der Waals surface area contributed by atoms with Crippen molar-refractivity contribution in [2.45, 2.75) is 44.0 Å². The number of nitrogens with zero attached hydrogens (tertiary/aromatic N) is 1. The molecule has 3 atom stereocenters. The van der Waals surface area contributed by atoms with E-state index in [1.165, 1.54) is 11.9 Å². The number of alkyl carbamates (subject to hydrolysis) is 1. The Labute approximate surface area is 262 Å². The summed E-state index contributed by atoms with van der Waals surface area (Å²) in [6.07, 6.45) is -0.429. The molecule has 0 aliphatic carbocycles. The second kappa shape index (κ2) is 16.4. The van der Waals surface area contributed by atoms with Crippen LogP contribution in [-0.4, -0.2) is 59.1 Å². The van der Waals surface area contributed by atoms with Gasteiger partial charge < -0.3 is 25.4 Å². The topological polar surface area (TPSA) is 125 Å². The van der Waals surface area contributed by atoms with Gasteiger partial charge in [-0.25, -0.2) is 9.59 Å². The van der Waals surface area contributed by atoms with E-state index in [-0.39, 0.29) is 25.9 Å². The van der Waals surface area contributed by atoms with Crippen molar-refractivity contribution in [3.63, 3.8) is 0 Å². The number of carbonyl (C=O) groups is 4. The van der Waals surface area contributed by atoms with E-state index in [4.69, 9.17) is 4.74 Å². The number of likely N-dealkylation sites (N-methyl/N-ethyl adjacent to an activating group) is 1. The van der Waals surface area contributed by atoms with Gasteiger partial charge in [0.15, 0.2) is 0 Å². The van der Waals surface area contributed by atoms with Gasteiger partial charge in [0.1, 0.15) is 24.7 Å². The molecule has 45 heavy (non-hydrogen) atoms. The predicted molar refractivity (Wildman–Crippen MR) is 170 cm³/mol. The van der Waals surface area contributed by atoms with Crippen molar-refractivity contribution in [2.75, 3.05) is 7.05 Å². The molecule has 3 N–H and O–H groups in total. The molecule has 0 aliphatic rings. The zero-order chi connectivity index (χ0) is 32.0. The van der Waals surface area contributed by atoms with E-state index < -0.39 is 42.0 Å². The van der Waals surface area contributed by atoms with E-state index >= 15 is 0 Å². The van der Waals surface area contributed by atoms with Crippen LogP contribution in [-0.2, 0) is 45.0 Å². The standard InChI is InChI=1S/C36H37N3O6/c1-39(34(41)30(22-26-14-6-2-7-15-26)38-36(44)45-25-29-20-12-5-13-21-29)32(24-28-18-10-4-11-19-28)33(40)37-31(35(42)43)23-27-16-8-3-9-17-27/h2-21,30-32H,22-25H2,1H3,(H,37,40)(H,38,44)(H,42,43)/t30-,31-,32-/m0/s1. The first-order valence-corrected chi connectivity index (χ1v) is 14.7. The molecule has 4 aromatic rings. The van der Waals surface area contributed by atoms with Crippen molar-refractivity contribution in [3.05, 3.63) is 144 Å². The first-order chi connectivity index (χ1) is 21.8. The molecule has 0 aromatic heterocycles. The van der Waals surface area contributed by atoms with Crippen molar-refractivity contribution in [1.29, 1.82) is 0 Å². The smallest absolute Gasteiger partial charge is 0.408 e. The van der Waals surface area contributed by atoms with Crippen LogP contribution in [0.15, 0.2) is 121 Å². The zero-order valence-electron chi connectivity index (χ0n) is 25.0. The molecule has 0 fully saturated rings. The van der Waals surface area contributed by atoms with E-state index in [9.17, 15) is 24.3 Å². The van der Waals surface area contributed by atoms with Crippen molar-refractivity contribution in [2.24, 2.45) is 0 Å². The lowest BCUT2D eigenvalue weighted by Gasteiger charge is -2.32. The van der Waals surface area contributed by atoms with E-state index in [0.29, 0.717) is 0 Å². The molecule has 0 heterocycles. The van der Waals surface area contributed by atoms with Gasteiger partial charge in [-0.1, -0.05) is 121 Å². The second-order valence-corrected chi connectivity index (χ2v) is 10.7. The summed E-state index contributed by atoms with van der Waals surface area (Å²) < 4.78 is 5.40. The van der Waals surface area contributed by atoms with Crippen LogP contribution < -0.4 is 10.6 Å². The number of hydrogen-bond acceptors (Lipinski definition) is 5. The summed E-state index contributed by atoms with van der Waals surface area (Å²) in [5.41, 5.74) is 3.11. The largest absolute Gasteiger partial charge is 0.480 e. The Kier molecular flexibility index (Phi) is 11.8. The summed E-state index contributed by atoms with van der Waals surface area (Å²) in [6.45, 7) is 0.0196. The van der Waals surface area contributed by atoms with Gasteiger partial charge >= 0.3 is 12.1 Å². The SMILES string of the molecule is CN(C(=O)[C@H](Cc1ccccc1)NC(=O)OCc1ccccc1)[C@@H](Cc1ccccc1)C(=O)N[C@@H](Cc1ccccc1)C(=O)O. The van der Waals surface area contributed by atoms with Crippen LogP contribution in [0.3, 0.4) is 0 Å². The Balaban J connectivity index is 1.56. The second-order valence-electron chi connectivity index (χ2n) is 10.7. The lowest BCUT2D eigenvalue weighted by molar-refractivity contribution is -0.144. The molecule has 4 aromatic carbocycles. The van der Waals surface area contributed by atoms with Crippen molar-refractivity contribution < 1.29 is 29.0 Å². The monoisotopic (exact) mass is 607 g/mol. The number of benzene rings is 4. The highest BCUT2D eigenvalue weighted by Crippen LogP contribution is 2.14. The maximum Gasteiger partial charge on any atom is 0.408 e. The number of ether oxygens (including phenoxy) is 1. The minimum absolute atomic E-state index is 0.0196. The van der Waals surface area contributed by atoms with Crippen LogP contribution in [0.2, 0.25) is 0 Å². The molecular weight excluding hydrogens is 570 g/mol. The number of hydrogen-bond donors (Lipinski definition) is 3. The number of amides is 3. The maximum absolute atomic E-state index is 14.1. The lowest BCUT2D eigenvalue weighted by Crippen LogP contribution is -2.57. The van der Waals surface area contributed by atoms with E-state index in [1.54, 1.807) is 24.3 Å². The van der Waals surface area contributed by atoms with Crippen LogP contribution in [0.1, 0.15) is 22.3 Å². The first kappa shape index (κ1) is 32.5. The molecule has 0 saturated carbocycles. The summed E-state index contributed by atoms with van der Waals surface area (Å²) >= 11 is 0. The minimum atomic E-state index is -1.21. The maximum atomic E-state index is 14.1. The molecule has 0 bridgehead atoms. The Hall–Kier alpha value is -5.44. The third-order valence-corrected chi connectivity index (χ3v) is 7.37. The van der Waals surface area contributed by atoms with Gasteiger partial charge in [0.25, 0.3) is 0 Å². The summed E-state index contributed by atoms with van der Waals surface area (Å²) in [7, 11) is 1.48. The fourth-order valence-electron chi connectivity index (χ4n) is 4.92. The van der Waals surface area contributed by atoms with Gasteiger partial charge in [0, 0.05) is 26.3 Å². The number of carbonyl (C=O) groups excluding carboxylic acids is 3. The van der Waals surface area contributed by atoms with Gasteiger partial charge in [-0.2, -0.15) is 0 Å². The van der Waals surface area contributed by atoms with Gasteiger partial charge in [-0.15, -0.1) is 0 Å².